The van der Waals surface area contributed by atoms with Gasteiger partial charge in [-0.15, -0.1) is 11.8 Å². The quantitative estimate of drug-likeness (QED) is 0.651. The van der Waals surface area contributed by atoms with E-state index < -0.39 is 5.60 Å². The van der Waals surface area contributed by atoms with E-state index in [1.54, 1.807) is 18.0 Å². The summed E-state index contributed by atoms with van der Waals surface area (Å²) in [5.74, 6) is 0.765. The molecule has 3 N–H and O–H groups in total. The number of thioether (sulfide) groups is 1. The minimum absolute atomic E-state index is 0.387. The number of carbonyl (C=O) groups excluding carboxylic acids is 1. The highest BCUT2D eigenvalue weighted by molar-refractivity contribution is 8.01. The van der Waals surface area contributed by atoms with Gasteiger partial charge in [0.15, 0.2) is 5.13 Å². The van der Waals surface area contributed by atoms with Gasteiger partial charge in [0, 0.05) is 12.3 Å². The van der Waals surface area contributed by atoms with E-state index in [0.29, 0.717) is 11.7 Å². The van der Waals surface area contributed by atoms with Gasteiger partial charge in [-0.1, -0.05) is 11.3 Å². The zero-order valence-electron chi connectivity index (χ0n) is 10.1. The summed E-state index contributed by atoms with van der Waals surface area (Å²) < 4.78 is 6.15. The van der Waals surface area contributed by atoms with E-state index in [4.69, 9.17) is 10.5 Å². The van der Waals surface area contributed by atoms with Gasteiger partial charge in [0.25, 0.3) is 0 Å². The summed E-state index contributed by atoms with van der Waals surface area (Å²) >= 11 is 3.05. The third kappa shape index (κ3) is 6.38. The van der Waals surface area contributed by atoms with Crippen LogP contribution in [0.15, 0.2) is 10.4 Å². The molecular formula is C10H17N3O2S2. The molecular weight excluding hydrogens is 258 g/mol. The second-order valence-electron chi connectivity index (χ2n) is 4.29. The maximum atomic E-state index is 11.3. The molecule has 1 aromatic heterocycles. The van der Waals surface area contributed by atoms with Crippen LogP contribution in [0.2, 0.25) is 0 Å². The van der Waals surface area contributed by atoms with Crippen molar-refractivity contribution < 1.29 is 9.53 Å². The number of amides is 1. The number of nitrogens with two attached hydrogens (primary N) is 1. The van der Waals surface area contributed by atoms with Crippen LogP contribution >= 0.6 is 23.1 Å². The highest BCUT2D eigenvalue weighted by Gasteiger charge is 2.15. The smallest absolute Gasteiger partial charge is 0.407 e. The van der Waals surface area contributed by atoms with Crippen molar-refractivity contribution in [3.05, 3.63) is 6.20 Å². The fourth-order valence-corrected chi connectivity index (χ4v) is 2.65. The van der Waals surface area contributed by atoms with Crippen LogP contribution in [0.4, 0.5) is 9.93 Å². The molecule has 0 unspecified atom stereocenters. The molecule has 1 aromatic rings. The molecule has 0 bridgehead atoms. The van der Waals surface area contributed by atoms with Gasteiger partial charge in [-0.05, 0) is 20.8 Å². The summed E-state index contributed by atoms with van der Waals surface area (Å²) in [5, 5.41) is 3.25. The zero-order chi connectivity index (χ0) is 12.9. The number of thiazole rings is 1. The Morgan fingerprint density at radius 2 is 2.35 bits per heavy atom. The van der Waals surface area contributed by atoms with Crippen molar-refractivity contribution in [3.63, 3.8) is 0 Å². The maximum Gasteiger partial charge on any atom is 0.407 e. The van der Waals surface area contributed by atoms with E-state index in [2.05, 4.69) is 10.3 Å². The number of anilines is 1. The van der Waals surface area contributed by atoms with E-state index in [-0.39, 0.29) is 6.09 Å². The van der Waals surface area contributed by atoms with E-state index in [1.165, 1.54) is 11.3 Å². The van der Waals surface area contributed by atoms with Crippen molar-refractivity contribution in [1.29, 1.82) is 0 Å². The molecule has 1 rings (SSSR count). The Balaban J connectivity index is 2.14. The predicted octanol–water partition coefficient (Wildman–Crippen LogP) is 2.34. The van der Waals surface area contributed by atoms with Crippen molar-refractivity contribution in [2.75, 3.05) is 18.0 Å². The summed E-state index contributed by atoms with van der Waals surface area (Å²) in [6.45, 7) is 6.06. The molecule has 0 spiro atoms. The molecule has 0 aliphatic heterocycles. The molecule has 0 saturated heterocycles. The fourth-order valence-electron chi connectivity index (χ4n) is 0.958. The number of rotatable bonds is 4. The number of ether oxygens (including phenoxy) is 1. The number of aromatic nitrogens is 1. The van der Waals surface area contributed by atoms with Gasteiger partial charge in [-0.2, -0.15) is 0 Å². The highest BCUT2D eigenvalue weighted by atomic mass is 32.2. The second-order valence-corrected chi connectivity index (χ2v) is 6.75. The van der Waals surface area contributed by atoms with Gasteiger partial charge in [-0.3, -0.25) is 0 Å². The molecule has 17 heavy (non-hydrogen) atoms. The molecule has 1 amide bonds. The molecule has 0 fully saturated rings. The first kappa shape index (κ1) is 14.1. The lowest BCUT2D eigenvalue weighted by molar-refractivity contribution is 0.0531. The number of nitrogens with zero attached hydrogens (tertiary/aromatic N) is 1. The van der Waals surface area contributed by atoms with E-state index in [0.717, 1.165) is 9.96 Å². The SMILES string of the molecule is CC(C)(C)OC(=O)NCCSc1cnc(N)s1. The molecule has 0 aliphatic carbocycles. The summed E-state index contributed by atoms with van der Waals surface area (Å²) in [6, 6.07) is 0. The average Bonchev–Trinajstić information content (AvgIpc) is 2.56. The predicted molar refractivity (Wildman–Crippen MR) is 71.5 cm³/mol. The molecule has 0 saturated carbocycles. The Kier molecular flexibility index (Phi) is 5.07. The first-order valence-electron chi connectivity index (χ1n) is 5.18. The monoisotopic (exact) mass is 275 g/mol. The Morgan fingerprint density at radius 1 is 1.65 bits per heavy atom. The van der Waals surface area contributed by atoms with Gasteiger partial charge in [-0.25, -0.2) is 9.78 Å². The second kappa shape index (κ2) is 6.11. The number of nitrogens with one attached hydrogen (secondary N) is 1. The third-order valence-corrected chi connectivity index (χ3v) is 3.54. The number of nitrogen functional groups attached to an aromatic ring is 1. The lowest BCUT2D eigenvalue weighted by Gasteiger charge is -2.19. The van der Waals surface area contributed by atoms with Crippen molar-refractivity contribution in [2.24, 2.45) is 0 Å². The number of carbonyl (C=O) groups is 1. The Hall–Kier alpha value is -0.950. The lowest BCUT2D eigenvalue weighted by Crippen LogP contribution is -2.33. The Morgan fingerprint density at radius 3 is 2.88 bits per heavy atom. The molecule has 0 atom stereocenters. The molecule has 0 aromatic carbocycles. The third-order valence-electron chi connectivity index (χ3n) is 1.52. The molecule has 5 nitrogen and oxygen atoms in total. The van der Waals surface area contributed by atoms with Crippen LogP contribution < -0.4 is 11.1 Å². The topological polar surface area (TPSA) is 77.2 Å². The van der Waals surface area contributed by atoms with Crippen LogP contribution in [0, 0.1) is 0 Å². The lowest BCUT2D eigenvalue weighted by atomic mass is 10.2. The van der Waals surface area contributed by atoms with Crippen LogP contribution in [-0.2, 0) is 4.74 Å². The molecule has 0 radical (unpaired) electrons. The largest absolute Gasteiger partial charge is 0.444 e. The van der Waals surface area contributed by atoms with E-state index in [1.807, 2.05) is 20.8 Å². The summed E-state index contributed by atoms with van der Waals surface area (Å²) in [7, 11) is 0. The molecule has 1 heterocycles. The fraction of sp³-hybridized carbons (Fsp3) is 0.600. The summed E-state index contributed by atoms with van der Waals surface area (Å²) in [4.78, 5) is 15.2. The van der Waals surface area contributed by atoms with Crippen molar-refractivity contribution in [3.8, 4) is 0 Å². The van der Waals surface area contributed by atoms with Gasteiger partial charge in [0.05, 0.1) is 10.4 Å². The average molecular weight is 275 g/mol. The summed E-state index contributed by atoms with van der Waals surface area (Å²) in [5.41, 5.74) is 5.05. The van der Waals surface area contributed by atoms with Gasteiger partial charge < -0.3 is 15.8 Å². The minimum atomic E-state index is -0.455. The maximum absolute atomic E-state index is 11.3. The Bertz CT molecular complexity index is 374. The normalized spacial score (nSPS) is 11.2. The van der Waals surface area contributed by atoms with Crippen molar-refractivity contribution in [1.82, 2.24) is 10.3 Å². The van der Waals surface area contributed by atoms with Gasteiger partial charge in [0.1, 0.15) is 5.60 Å². The molecule has 96 valence electrons. The number of hydrogen-bond donors (Lipinski definition) is 2. The van der Waals surface area contributed by atoms with Crippen LogP contribution in [0.5, 0.6) is 0 Å². The standard InChI is InChI=1S/C10H17N3O2S2/c1-10(2,3)15-9(14)12-4-5-16-7-6-13-8(11)17-7/h6H,4-5H2,1-3H3,(H2,11,13)(H,12,14). The van der Waals surface area contributed by atoms with Crippen LogP contribution in [0.3, 0.4) is 0 Å². The number of hydrogen-bond acceptors (Lipinski definition) is 6. The van der Waals surface area contributed by atoms with Crippen LogP contribution in [-0.4, -0.2) is 29.0 Å². The van der Waals surface area contributed by atoms with Crippen LogP contribution in [0.25, 0.3) is 0 Å². The highest BCUT2D eigenvalue weighted by Crippen LogP contribution is 2.25. The van der Waals surface area contributed by atoms with E-state index in [9.17, 15) is 4.79 Å². The van der Waals surface area contributed by atoms with Gasteiger partial charge >= 0.3 is 6.09 Å². The van der Waals surface area contributed by atoms with Crippen LogP contribution in [0.1, 0.15) is 20.8 Å². The summed E-state index contributed by atoms with van der Waals surface area (Å²) in [6.07, 6.45) is 1.35. The minimum Gasteiger partial charge on any atom is -0.444 e. The first-order valence-corrected chi connectivity index (χ1v) is 6.98. The van der Waals surface area contributed by atoms with E-state index >= 15 is 0 Å². The first-order chi connectivity index (χ1) is 7.87. The van der Waals surface area contributed by atoms with Gasteiger partial charge in [0.2, 0.25) is 0 Å². The Labute approximate surface area is 109 Å². The number of alkyl carbamates (subject to hydrolysis) is 1. The van der Waals surface area contributed by atoms with Crippen molar-refractivity contribution >= 4 is 34.3 Å². The zero-order valence-corrected chi connectivity index (χ0v) is 11.8. The molecule has 0 aliphatic rings. The molecule has 7 heteroatoms. The van der Waals surface area contributed by atoms with Crippen molar-refractivity contribution in [2.45, 2.75) is 30.6 Å².